The summed E-state index contributed by atoms with van der Waals surface area (Å²) in [4.78, 5) is 26.5. The maximum Gasteiger partial charge on any atom is 0.341 e. The van der Waals surface area contributed by atoms with Crippen molar-refractivity contribution in [2.24, 2.45) is 0 Å². The van der Waals surface area contributed by atoms with E-state index in [0.29, 0.717) is 10.6 Å². The summed E-state index contributed by atoms with van der Waals surface area (Å²) in [6.45, 7) is 1.96. The van der Waals surface area contributed by atoms with Crippen LogP contribution in [0.25, 0.3) is 0 Å². The first-order valence-electron chi connectivity index (χ1n) is 9.94. The maximum absolute atomic E-state index is 12.8. The van der Waals surface area contributed by atoms with Crippen molar-refractivity contribution in [3.05, 3.63) is 64.2 Å². The molecule has 162 valence electrons. The van der Waals surface area contributed by atoms with Crippen molar-refractivity contribution in [3.8, 4) is 0 Å². The Bertz CT molecular complexity index is 1220. The van der Waals surface area contributed by atoms with E-state index in [9.17, 15) is 18.0 Å². The van der Waals surface area contributed by atoms with E-state index in [1.807, 2.05) is 0 Å². The molecule has 9 heteroatoms. The number of ether oxygens (including phenoxy) is 1. The summed E-state index contributed by atoms with van der Waals surface area (Å²) in [6.07, 6.45) is 3.61. The molecule has 4 rings (SSSR count). The number of furan rings is 1. The minimum absolute atomic E-state index is 0.0758. The number of carbonyl (C=O) groups excluding carboxylic acids is 2. The molecule has 7 nitrogen and oxygen atoms in total. The van der Waals surface area contributed by atoms with Gasteiger partial charge in [0.05, 0.1) is 17.1 Å². The zero-order valence-electron chi connectivity index (χ0n) is 16.8. The van der Waals surface area contributed by atoms with Crippen molar-refractivity contribution < 1.29 is 27.2 Å². The van der Waals surface area contributed by atoms with E-state index in [4.69, 9.17) is 9.15 Å². The largest absolute Gasteiger partial charge is 0.462 e. The number of aryl methyl sites for hydroxylation is 1. The molecule has 0 atom stereocenters. The highest BCUT2D eigenvalue weighted by Crippen LogP contribution is 2.39. The van der Waals surface area contributed by atoms with Crippen molar-refractivity contribution in [2.75, 3.05) is 11.9 Å². The van der Waals surface area contributed by atoms with E-state index in [-0.39, 0.29) is 22.4 Å². The Morgan fingerprint density at radius 2 is 1.84 bits per heavy atom. The van der Waals surface area contributed by atoms with Crippen LogP contribution in [0.4, 0.5) is 5.00 Å². The minimum atomic E-state index is -3.87. The molecule has 1 amide bonds. The van der Waals surface area contributed by atoms with Crippen LogP contribution in [0.1, 0.15) is 51.1 Å². The zero-order chi connectivity index (χ0) is 22.0. The first-order valence-corrected chi connectivity index (χ1v) is 12.2. The summed E-state index contributed by atoms with van der Waals surface area (Å²) in [5, 5.41) is 2.80. The van der Waals surface area contributed by atoms with Crippen LogP contribution < -0.4 is 5.32 Å². The Morgan fingerprint density at radius 1 is 1.10 bits per heavy atom. The van der Waals surface area contributed by atoms with Crippen LogP contribution in [0.5, 0.6) is 0 Å². The van der Waals surface area contributed by atoms with Crippen molar-refractivity contribution >= 4 is 38.1 Å². The smallest absolute Gasteiger partial charge is 0.341 e. The lowest BCUT2D eigenvalue weighted by molar-refractivity contribution is 0.0526. The summed E-state index contributed by atoms with van der Waals surface area (Å²) in [7, 11) is -3.87. The van der Waals surface area contributed by atoms with Gasteiger partial charge in [-0.25, -0.2) is 13.2 Å². The van der Waals surface area contributed by atoms with Crippen molar-refractivity contribution in [2.45, 2.75) is 42.6 Å². The van der Waals surface area contributed by atoms with Crippen molar-refractivity contribution in [3.63, 3.8) is 0 Å². The van der Waals surface area contributed by atoms with Gasteiger partial charge in [-0.3, -0.25) is 4.79 Å². The second-order valence-electron chi connectivity index (χ2n) is 7.02. The van der Waals surface area contributed by atoms with Gasteiger partial charge >= 0.3 is 5.97 Å². The third kappa shape index (κ3) is 4.15. The van der Waals surface area contributed by atoms with E-state index in [2.05, 4.69) is 5.32 Å². The molecule has 0 fully saturated rings. The van der Waals surface area contributed by atoms with Gasteiger partial charge in [-0.1, -0.05) is 18.2 Å². The fraction of sp³-hybridized carbons (Fsp3) is 0.273. The van der Waals surface area contributed by atoms with Gasteiger partial charge in [0.1, 0.15) is 5.00 Å². The average Bonchev–Trinajstić information content (AvgIpc) is 3.40. The SMILES string of the molecule is CCOC(=O)c1c(NC(=O)c2ccc(S(=O)(=O)c3ccccc3)o2)sc2c1CCCC2. The topological polar surface area (TPSA) is 103 Å². The van der Waals surface area contributed by atoms with E-state index < -0.39 is 21.7 Å². The summed E-state index contributed by atoms with van der Waals surface area (Å²) in [5.74, 6) is -1.25. The van der Waals surface area contributed by atoms with Crippen molar-refractivity contribution in [1.82, 2.24) is 0 Å². The van der Waals surface area contributed by atoms with E-state index >= 15 is 0 Å². The van der Waals surface area contributed by atoms with Gasteiger partial charge < -0.3 is 14.5 Å². The Balaban J connectivity index is 1.61. The Labute approximate surface area is 184 Å². The molecule has 0 saturated carbocycles. The van der Waals surface area contributed by atoms with Crippen LogP contribution in [0.3, 0.4) is 0 Å². The fourth-order valence-electron chi connectivity index (χ4n) is 3.54. The number of thiophene rings is 1. The van der Waals surface area contributed by atoms with Crippen LogP contribution in [0, 0.1) is 0 Å². The number of esters is 1. The molecule has 1 aromatic carbocycles. The van der Waals surface area contributed by atoms with Gasteiger partial charge in [0.2, 0.25) is 14.9 Å². The first kappa shape index (κ1) is 21.3. The Morgan fingerprint density at radius 3 is 2.58 bits per heavy atom. The molecular formula is C22H21NO6S2. The summed E-state index contributed by atoms with van der Waals surface area (Å²) in [5.41, 5.74) is 1.32. The van der Waals surface area contributed by atoms with Gasteiger partial charge in [-0.15, -0.1) is 11.3 Å². The number of nitrogens with one attached hydrogen (secondary N) is 1. The second kappa shape index (κ2) is 8.68. The molecule has 31 heavy (non-hydrogen) atoms. The molecule has 0 unspecified atom stereocenters. The zero-order valence-corrected chi connectivity index (χ0v) is 18.5. The first-order chi connectivity index (χ1) is 14.9. The predicted octanol–water partition coefficient (Wildman–Crippen LogP) is 4.48. The van der Waals surface area contributed by atoms with Crippen LogP contribution in [-0.2, 0) is 27.4 Å². The average molecular weight is 460 g/mol. The van der Waals surface area contributed by atoms with Crippen LogP contribution in [0.2, 0.25) is 0 Å². The summed E-state index contributed by atoms with van der Waals surface area (Å²) >= 11 is 1.36. The number of carbonyl (C=O) groups is 2. The molecule has 0 aliphatic heterocycles. The number of benzene rings is 1. The molecular weight excluding hydrogens is 438 g/mol. The van der Waals surface area contributed by atoms with Gasteiger partial charge in [0.15, 0.2) is 5.76 Å². The number of fused-ring (bicyclic) bond motifs is 1. The minimum Gasteiger partial charge on any atom is -0.462 e. The molecule has 1 aliphatic carbocycles. The number of hydrogen-bond donors (Lipinski definition) is 1. The highest BCUT2D eigenvalue weighted by molar-refractivity contribution is 7.91. The third-order valence-electron chi connectivity index (χ3n) is 5.00. The van der Waals surface area contributed by atoms with Gasteiger partial charge in [0, 0.05) is 4.88 Å². The number of hydrogen-bond acceptors (Lipinski definition) is 7. The van der Waals surface area contributed by atoms with Crippen molar-refractivity contribution in [1.29, 1.82) is 0 Å². The number of amides is 1. The van der Waals surface area contributed by atoms with E-state index in [0.717, 1.165) is 36.1 Å². The Hall–Kier alpha value is -2.91. The normalized spacial score (nSPS) is 13.5. The predicted molar refractivity (Wildman–Crippen MR) is 115 cm³/mol. The van der Waals surface area contributed by atoms with E-state index in [1.165, 1.54) is 35.6 Å². The molecule has 2 aromatic heterocycles. The van der Waals surface area contributed by atoms with Gasteiger partial charge in [-0.2, -0.15) is 0 Å². The van der Waals surface area contributed by atoms with Crippen LogP contribution in [0.15, 0.2) is 56.9 Å². The summed E-state index contributed by atoms with van der Waals surface area (Å²) < 4.78 is 35.9. The number of sulfone groups is 1. The van der Waals surface area contributed by atoms with Gasteiger partial charge in [-0.05, 0) is 62.4 Å². The quantitative estimate of drug-likeness (QED) is 0.545. The highest BCUT2D eigenvalue weighted by atomic mass is 32.2. The van der Waals surface area contributed by atoms with Crippen LogP contribution >= 0.6 is 11.3 Å². The standard InChI is InChI=1S/C22H21NO6S2/c1-2-28-22(25)19-15-10-6-7-11-17(15)30-21(19)23-20(24)16-12-13-18(29-16)31(26,27)14-8-4-3-5-9-14/h3-5,8-9,12-13H,2,6-7,10-11H2,1H3,(H,23,24). The molecule has 1 aliphatic rings. The Kier molecular flexibility index (Phi) is 5.97. The molecule has 1 N–H and O–H groups in total. The highest BCUT2D eigenvalue weighted by Gasteiger charge is 2.29. The molecule has 0 bridgehead atoms. The lowest BCUT2D eigenvalue weighted by Crippen LogP contribution is -2.15. The molecule has 0 saturated heterocycles. The molecule has 3 aromatic rings. The third-order valence-corrected chi connectivity index (χ3v) is 7.85. The molecule has 0 radical (unpaired) electrons. The number of anilines is 1. The number of rotatable bonds is 6. The monoisotopic (exact) mass is 459 g/mol. The molecule has 2 heterocycles. The fourth-order valence-corrected chi connectivity index (χ4v) is 6.01. The lowest BCUT2D eigenvalue weighted by atomic mass is 9.95. The summed E-state index contributed by atoms with van der Waals surface area (Å²) in [6, 6.07) is 10.4. The van der Waals surface area contributed by atoms with E-state index in [1.54, 1.807) is 25.1 Å². The maximum atomic E-state index is 12.8. The van der Waals surface area contributed by atoms with Crippen LogP contribution in [-0.4, -0.2) is 26.9 Å². The second-order valence-corrected chi connectivity index (χ2v) is 10.0. The molecule has 0 spiro atoms. The van der Waals surface area contributed by atoms with Gasteiger partial charge in [0.25, 0.3) is 5.91 Å². The lowest BCUT2D eigenvalue weighted by Gasteiger charge is -2.12.